The van der Waals surface area contributed by atoms with Crippen molar-refractivity contribution in [2.24, 2.45) is 5.92 Å². The molecule has 0 atom stereocenters. The molecule has 1 N–H and O–H groups in total. The van der Waals surface area contributed by atoms with Gasteiger partial charge < -0.3 is 5.32 Å². The molecule has 0 spiro atoms. The average molecular weight is 286 g/mol. The van der Waals surface area contributed by atoms with Crippen LogP contribution in [-0.4, -0.2) is 11.7 Å². The zero-order valence-electron chi connectivity index (χ0n) is 9.71. The second kappa shape index (κ2) is 5.72. The van der Waals surface area contributed by atoms with Crippen molar-refractivity contribution in [2.75, 3.05) is 5.32 Å². The lowest BCUT2D eigenvalue weighted by molar-refractivity contribution is -0.125. The minimum absolute atomic E-state index is 0.0771. The topological polar surface area (TPSA) is 46.2 Å². The Bertz CT molecular complexity index is 478. The quantitative estimate of drug-likeness (QED) is 0.901. The fourth-order valence-corrected chi connectivity index (χ4v) is 2.48. The summed E-state index contributed by atoms with van der Waals surface area (Å²) in [7, 11) is 0. The van der Waals surface area contributed by atoms with E-state index in [2.05, 4.69) is 5.32 Å². The standard InChI is InChI=1S/C13H13Cl2NO2/c14-9-3-6-12(11(15)7-9)16-13(18)8-1-4-10(17)5-2-8/h3,6-8H,1-2,4-5H2,(H,16,18). The molecule has 2 rings (SSSR count). The van der Waals surface area contributed by atoms with Crippen LogP contribution in [0, 0.1) is 5.92 Å². The zero-order valence-corrected chi connectivity index (χ0v) is 11.2. The molecule has 0 aromatic heterocycles. The largest absolute Gasteiger partial charge is 0.325 e. The molecule has 1 fully saturated rings. The molecule has 1 aliphatic rings. The summed E-state index contributed by atoms with van der Waals surface area (Å²) in [5, 5.41) is 3.73. The number of Topliss-reactive ketones (excluding diaryl/α,β-unsaturated/α-hetero) is 1. The van der Waals surface area contributed by atoms with Gasteiger partial charge in [0.25, 0.3) is 0 Å². The summed E-state index contributed by atoms with van der Waals surface area (Å²) in [4.78, 5) is 23.1. The van der Waals surface area contributed by atoms with E-state index in [4.69, 9.17) is 23.2 Å². The number of hydrogen-bond acceptors (Lipinski definition) is 2. The molecule has 0 heterocycles. The lowest BCUT2D eigenvalue weighted by Crippen LogP contribution is -2.27. The molecule has 0 aliphatic heterocycles. The maximum atomic E-state index is 12.0. The average Bonchev–Trinajstić information content (AvgIpc) is 2.33. The Morgan fingerprint density at radius 2 is 1.89 bits per heavy atom. The summed E-state index contributed by atoms with van der Waals surface area (Å²) in [5.74, 6) is 0.0599. The van der Waals surface area contributed by atoms with Gasteiger partial charge in [-0.1, -0.05) is 23.2 Å². The summed E-state index contributed by atoms with van der Waals surface area (Å²) in [6, 6.07) is 4.94. The van der Waals surface area contributed by atoms with Crippen molar-refractivity contribution in [1.82, 2.24) is 0 Å². The predicted octanol–water partition coefficient (Wildman–Crippen LogP) is 3.69. The summed E-state index contributed by atoms with van der Waals surface area (Å²) < 4.78 is 0. The minimum atomic E-state index is -0.102. The molecule has 1 saturated carbocycles. The van der Waals surface area contributed by atoms with Crippen LogP contribution in [0.2, 0.25) is 10.0 Å². The summed E-state index contributed by atoms with van der Waals surface area (Å²) in [6.07, 6.45) is 2.23. The first kappa shape index (κ1) is 13.4. The Balaban J connectivity index is 2.00. The first-order chi connectivity index (χ1) is 8.56. The van der Waals surface area contributed by atoms with Crippen LogP contribution in [0.1, 0.15) is 25.7 Å². The molecule has 3 nitrogen and oxygen atoms in total. The van der Waals surface area contributed by atoms with Crippen molar-refractivity contribution in [3.63, 3.8) is 0 Å². The second-order valence-electron chi connectivity index (χ2n) is 4.43. The fraction of sp³-hybridized carbons (Fsp3) is 0.385. The molecule has 1 aromatic carbocycles. The van der Waals surface area contributed by atoms with Crippen LogP contribution in [0.25, 0.3) is 0 Å². The zero-order chi connectivity index (χ0) is 13.1. The highest BCUT2D eigenvalue weighted by molar-refractivity contribution is 6.36. The third kappa shape index (κ3) is 3.24. The number of ketones is 1. The normalized spacial score (nSPS) is 16.7. The molecule has 1 aliphatic carbocycles. The van der Waals surface area contributed by atoms with E-state index < -0.39 is 0 Å². The molecule has 96 valence electrons. The molecule has 0 unspecified atom stereocenters. The van der Waals surface area contributed by atoms with Gasteiger partial charge in [0.15, 0.2) is 0 Å². The van der Waals surface area contributed by atoms with Crippen LogP contribution in [0.4, 0.5) is 5.69 Å². The van der Waals surface area contributed by atoms with Gasteiger partial charge in [-0.25, -0.2) is 0 Å². The van der Waals surface area contributed by atoms with Crippen LogP contribution in [0.15, 0.2) is 18.2 Å². The number of carbonyl (C=O) groups is 2. The third-order valence-corrected chi connectivity index (χ3v) is 3.65. The van der Waals surface area contributed by atoms with E-state index >= 15 is 0 Å². The minimum Gasteiger partial charge on any atom is -0.325 e. The van der Waals surface area contributed by atoms with E-state index in [1.165, 1.54) is 0 Å². The van der Waals surface area contributed by atoms with E-state index in [1.54, 1.807) is 18.2 Å². The first-order valence-corrected chi connectivity index (χ1v) is 6.59. The maximum Gasteiger partial charge on any atom is 0.227 e. The molecule has 18 heavy (non-hydrogen) atoms. The van der Waals surface area contributed by atoms with Crippen molar-refractivity contribution >= 4 is 40.6 Å². The van der Waals surface area contributed by atoms with Gasteiger partial charge >= 0.3 is 0 Å². The molecule has 1 aromatic rings. The number of amides is 1. The smallest absolute Gasteiger partial charge is 0.227 e. The van der Waals surface area contributed by atoms with Crippen LogP contribution >= 0.6 is 23.2 Å². The van der Waals surface area contributed by atoms with Gasteiger partial charge in [0.2, 0.25) is 5.91 Å². The number of anilines is 1. The van der Waals surface area contributed by atoms with Gasteiger partial charge in [-0.15, -0.1) is 0 Å². The highest BCUT2D eigenvalue weighted by Gasteiger charge is 2.25. The van der Waals surface area contributed by atoms with E-state index in [0.717, 1.165) is 0 Å². The number of carbonyl (C=O) groups excluding carboxylic acids is 2. The van der Waals surface area contributed by atoms with Crippen LogP contribution in [0.5, 0.6) is 0 Å². The van der Waals surface area contributed by atoms with Gasteiger partial charge in [0.05, 0.1) is 10.7 Å². The lowest BCUT2D eigenvalue weighted by atomic mass is 9.88. The molecule has 0 radical (unpaired) electrons. The number of nitrogens with one attached hydrogen (secondary N) is 1. The van der Waals surface area contributed by atoms with Crippen molar-refractivity contribution in [1.29, 1.82) is 0 Å². The van der Waals surface area contributed by atoms with Crippen molar-refractivity contribution in [3.8, 4) is 0 Å². The Labute approximate surface area is 115 Å². The van der Waals surface area contributed by atoms with Crippen LogP contribution in [0.3, 0.4) is 0 Å². The highest BCUT2D eigenvalue weighted by Crippen LogP contribution is 2.28. The Morgan fingerprint density at radius 1 is 1.22 bits per heavy atom. The van der Waals surface area contributed by atoms with Gasteiger partial charge in [-0.05, 0) is 31.0 Å². The highest BCUT2D eigenvalue weighted by atomic mass is 35.5. The predicted molar refractivity (Wildman–Crippen MR) is 72.1 cm³/mol. The Kier molecular flexibility index (Phi) is 4.25. The molecular formula is C13H13Cl2NO2. The number of rotatable bonds is 2. The van der Waals surface area contributed by atoms with Crippen LogP contribution < -0.4 is 5.32 Å². The van der Waals surface area contributed by atoms with E-state index in [9.17, 15) is 9.59 Å². The van der Waals surface area contributed by atoms with Gasteiger partial charge in [0.1, 0.15) is 5.78 Å². The summed E-state index contributed by atoms with van der Waals surface area (Å²) >= 11 is 11.8. The van der Waals surface area contributed by atoms with Crippen molar-refractivity contribution in [3.05, 3.63) is 28.2 Å². The Hall–Kier alpha value is -1.06. The third-order valence-electron chi connectivity index (χ3n) is 3.10. The number of hydrogen-bond donors (Lipinski definition) is 1. The first-order valence-electron chi connectivity index (χ1n) is 5.84. The maximum absolute atomic E-state index is 12.0. The molecule has 0 saturated heterocycles. The van der Waals surface area contributed by atoms with E-state index in [1.807, 2.05) is 0 Å². The molecule has 5 heteroatoms. The SMILES string of the molecule is O=C1CCC(C(=O)Nc2ccc(Cl)cc2Cl)CC1. The Morgan fingerprint density at radius 3 is 2.50 bits per heavy atom. The fourth-order valence-electron chi connectivity index (χ4n) is 2.03. The van der Waals surface area contributed by atoms with Gasteiger partial charge in [-0.2, -0.15) is 0 Å². The molecule has 1 amide bonds. The van der Waals surface area contributed by atoms with E-state index in [-0.39, 0.29) is 17.6 Å². The lowest BCUT2D eigenvalue weighted by Gasteiger charge is -2.20. The summed E-state index contributed by atoms with van der Waals surface area (Å²) in [6.45, 7) is 0. The van der Waals surface area contributed by atoms with Crippen molar-refractivity contribution < 1.29 is 9.59 Å². The van der Waals surface area contributed by atoms with Crippen LogP contribution in [-0.2, 0) is 9.59 Å². The van der Waals surface area contributed by atoms with Crippen molar-refractivity contribution in [2.45, 2.75) is 25.7 Å². The van der Waals surface area contributed by atoms with E-state index in [0.29, 0.717) is 41.4 Å². The molecular weight excluding hydrogens is 273 g/mol. The van der Waals surface area contributed by atoms with Gasteiger partial charge in [-0.3, -0.25) is 9.59 Å². The molecule has 0 bridgehead atoms. The second-order valence-corrected chi connectivity index (χ2v) is 5.27. The summed E-state index contributed by atoms with van der Waals surface area (Å²) in [5.41, 5.74) is 0.558. The monoisotopic (exact) mass is 285 g/mol. The number of halogens is 2. The van der Waals surface area contributed by atoms with Gasteiger partial charge in [0, 0.05) is 23.8 Å². The number of benzene rings is 1.